The molecule has 2 aromatic heterocycles. The van der Waals surface area contributed by atoms with Gasteiger partial charge in [0.2, 0.25) is 0 Å². The summed E-state index contributed by atoms with van der Waals surface area (Å²) in [6.07, 6.45) is 0. The van der Waals surface area contributed by atoms with Crippen molar-refractivity contribution < 1.29 is 0 Å². The Morgan fingerprint density at radius 3 is 1.70 bits per heavy atom. The van der Waals surface area contributed by atoms with E-state index in [0.29, 0.717) is 0 Å². The summed E-state index contributed by atoms with van der Waals surface area (Å²) in [5.41, 5.74) is 4.92. The third kappa shape index (κ3) is 4.02. The van der Waals surface area contributed by atoms with Crippen LogP contribution in [-0.2, 0) is 0 Å². The molecule has 0 N–H and O–H groups in total. The highest BCUT2D eigenvalue weighted by atomic mass is 32.3. The molecule has 9 aromatic rings. The van der Waals surface area contributed by atoms with Crippen LogP contribution in [0.25, 0.3) is 47.7 Å². The first-order chi connectivity index (χ1) is 22.7. The molecular formula is C43H31NS2. The Labute approximate surface area is 274 Å². The lowest BCUT2D eigenvalue weighted by molar-refractivity contribution is 1.15. The van der Waals surface area contributed by atoms with E-state index in [4.69, 9.17) is 0 Å². The standard InChI is InChI=1S/C43H31NS2/c1-30-26-27-41-38(28-30)37-22-13-25-42(43(37)45-41)46(32-15-4-2-5-16-32,33-17-6-3-7-18-33)34-19-12-14-31(29-34)44-39-23-10-8-20-35(39)36-21-9-11-24-40(36)44/h2-29H,1H3. The maximum atomic E-state index is 2.46. The molecule has 0 atom stereocenters. The lowest BCUT2D eigenvalue weighted by Crippen LogP contribution is -2.06. The largest absolute Gasteiger partial charge is 0.309 e. The number of hydrogen-bond acceptors (Lipinski definition) is 1. The predicted octanol–water partition coefficient (Wildman–Crippen LogP) is 12.8. The van der Waals surface area contributed by atoms with E-state index in [0.717, 1.165) is 0 Å². The van der Waals surface area contributed by atoms with Crippen LogP contribution in [0.3, 0.4) is 0 Å². The fraction of sp³-hybridized carbons (Fsp3) is 0.0233. The quantitative estimate of drug-likeness (QED) is 0.179. The zero-order chi connectivity index (χ0) is 30.7. The van der Waals surface area contributed by atoms with E-state index in [1.54, 1.807) is 0 Å². The molecule has 0 aliphatic carbocycles. The van der Waals surface area contributed by atoms with Gasteiger partial charge in [0.05, 0.1) is 11.0 Å². The van der Waals surface area contributed by atoms with Crippen LogP contribution in [0.2, 0.25) is 0 Å². The van der Waals surface area contributed by atoms with E-state index in [2.05, 4.69) is 181 Å². The van der Waals surface area contributed by atoms with E-state index in [-0.39, 0.29) is 0 Å². The Bertz CT molecular complexity index is 2450. The summed E-state index contributed by atoms with van der Waals surface area (Å²) < 4.78 is 5.14. The van der Waals surface area contributed by atoms with Gasteiger partial charge in [0, 0.05) is 56.2 Å². The smallest absolute Gasteiger partial charge is 0.0541 e. The number of hydrogen-bond donors (Lipinski definition) is 0. The van der Waals surface area contributed by atoms with Crippen molar-refractivity contribution >= 4 is 63.3 Å². The van der Waals surface area contributed by atoms with Gasteiger partial charge in [-0.05, 0) is 79.7 Å². The fourth-order valence-corrected chi connectivity index (χ4v) is 12.7. The van der Waals surface area contributed by atoms with E-state index in [9.17, 15) is 0 Å². The van der Waals surface area contributed by atoms with Gasteiger partial charge in [-0.2, -0.15) is 0 Å². The third-order valence-electron chi connectivity index (χ3n) is 9.15. The molecule has 0 spiro atoms. The van der Waals surface area contributed by atoms with Crippen LogP contribution >= 0.6 is 21.4 Å². The van der Waals surface area contributed by atoms with Crippen LogP contribution in [0.1, 0.15) is 5.56 Å². The topological polar surface area (TPSA) is 4.93 Å². The van der Waals surface area contributed by atoms with Crippen molar-refractivity contribution in [1.82, 2.24) is 4.57 Å². The van der Waals surface area contributed by atoms with Crippen LogP contribution in [0.4, 0.5) is 0 Å². The second-order valence-corrected chi connectivity index (χ2v) is 16.0. The second kappa shape index (κ2) is 10.8. The summed E-state index contributed by atoms with van der Waals surface area (Å²) in [7, 11) is -1.92. The number of benzene rings is 7. The monoisotopic (exact) mass is 625 g/mol. The third-order valence-corrected chi connectivity index (χ3v) is 14.4. The van der Waals surface area contributed by atoms with Crippen molar-refractivity contribution in [1.29, 1.82) is 0 Å². The molecule has 0 aliphatic rings. The lowest BCUT2D eigenvalue weighted by atomic mass is 10.1. The Balaban J connectivity index is 1.42. The normalized spacial score (nSPS) is 12.4. The average molecular weight is 626 g/mol. The van der Waals surface area contributed by atoms with Gasteiger partial charge in [0.1, 0.15) is 0 Å². The Hall–Kier alpha value is -5.09. The Kier molecular flexibility index (Phi) is 6.38. The molecule has 0 amide bonds. The van der Waals surface area contributed by atoms with Gasteiger partial charge >= 0.3 is 0 Å². The van der Waals surface area contributed by atoms with Gasteiger partial charge in [-0.15, -0.1) is 21.4 Å². The molecule has 0 saturated heterocycles. The molecule has 1 nitrogen and oxygen atoms in total. The minimum atomic E-state index is -1.92. The predicted molar refractivity (Wildman–Crippen MR) is 198 cm³/mol. The molecule has 0 fully saturated rings. The van der Waals surface area contributed by atoms with Gasteiger partial charge < -0.3 is 4.57 Å². The highest BCUT2D eigenvalue weighted by Gasteiger charge is 2.35. The molecule has 2 heterocycles. The van der Waals surface area contributed by atoms with Crippen molar-refractivity contribution in [3.05, 3.63) is 175 Å². The summed E-state index contributed by atoms with van der Waals surface area (Å²) >= 11 is 1.93. The van der Waals surface area contributed by atoms with Crippen molar-refractivity contribution in [2.75, 3.05) is 0 Å². The zero-order valence-electron chi connectivity index (χ0n) is 25.4. The van der Waals surface area contributed by atoms with Gasteiger partial charge in [-0.1, -0.05) is 103 Å². The molecule has 0 radical (unpaired) electrons. The number of para-hydroxylation sites is 2. The molecule has 0 saturated carbocycles. The molecule has 0 aliphatic heterocycles. The van der Waals surface area contributed by atoms with Crippen LogP contribution in [0.15, 0.2) is 189 Å². The second-order valence-electron chi connectivity index (χ2n) is 11.8. The van der Waals surface area contributed by atoms with Crippen molar-refractivity contribution in [3.8, 4) is 5.69 Å². The van der Waals surface area contributed by atoms with Crippen LogP contribution in [0, 0.1) is 6.92 Å². The summed E-state index contributed by atoms with van der Waals surface area (Å²) in [4.78, 5) is 5.38. The first-order valence-electron chi connectivity index (χ1n) is 15.7. The van der Waals surface area contributed by atoms with Crippen LogP contribution < -0.4 is 0 Å². The number of fused-ring (bicyclic) bond motifs is 6. The molecule has 3 heteroatoms. The van der Waals surface area contributed by atoms with E-state index in [1.807, 2.05) is 11.3 Å². The van der Waals surface area contributed by atoms with E-state index in [1.165, 1.54) is 72.8 Å². The zero-order valence-corrected chi connectivity index (χ0v) is 27.1. The molecule has 0 unspecified atom stereocenters. The Morgan fingerprint density at radius 1 is 0.457 bits per heavy atom. The summed E-state index contributed by atoms with van der Waals surface area (Å²) in [6.45, 7) is 2.19. The molecular weight excluding hydrogens is 595 g/mol. The van der Waals surface area contributed by atoms with Gasteiger partial charge in [0.25, 0.3) is 0 Å². The van der Waals surface area contributed by atoms with Crippen molar-refractivity contribution in [3.63, 3.8) is 0 Å². The molecule has 220 valence electrons. The highest BCUT2D eigenvalue weighted by molar-refractivity contribution is 8.34. The minimum absolute atomic E-state index is 1.18. The van der Waals surface area contributed by atoms with Crippen LogP contribution in [-0.4, -0.2) is 4.57 Å². The molecule has 0 bridgehead atoms. The lowest BCUT2D eigenvalue weighted by Gasteiger charge is -2.42. The maximum Gasteiger partial charge on any atom is 0.0541 e. The summed E-state index contributed by atoms with van der Waals surface area (Å²) in [5.74, 6) is 0. The number of rotatable bonds is 5. The molecule has 46 heavy (non-hydrogen) atoms. The van der Waals surface area contributed by atoms with Gasteiger partial charge in [0.15, 0.2) is 0 Å². The summed E-state index contributed by atoms with van der Waals surface area (Å²) in [6, 6.07) is 63.2. The highest BCUT2D eigenvalue weighted by Crippen LogP contribution is 2.75. The van der Waals surface area contributed by atoms with E-state index >= 15 is 0 Å². The van der Waals surface area contributed by atoms with E-state index < -0.39 is 10.0 Å². The maximum absolute atomic E-state index is 2.46. The summed E-state index contributed by atoms with van der Waals surface area (Å²) in [5, 5.41) is 5.23. The first-order valence-corrected chi connectivity index (χ1v) is 18.1. The Morgan fingerprint density at radius 2 is 1.02 bits per heavy atom. The molecule has 7 aromatic carbocycles. The number of nitrogens with zero attached hydrogens (tertiary/aromatic N) is 1. The average Bonchev–Trinajstić information content (AvgIpc) is 3.66. The van der Waals surface area contributed by atoms with Gasteiger partial charge in [-0.25, -0.2) is 0 Å². The first kappa shape index (κ1) is 27.2. The van der Waals surface area contributed by atoms with Crippen molar-refractivity contribution in [2.45, 2.75) is 26.5 Å². The number of aromatic nitrogens is 1. The number of aryl methyl sites for hydroxylation is 1. The minimum Gasteiger partial charge on any atom is -0.309 e. The van der Waals surface area contributed by atoms with Crippen LogP contribution in [0.5, 0.6) is 0 Å². The SMILES string of the molecule is Cc1ccc2sc3c(S(c4ccccc4)(c4ccccc4)c4cccc(-n5c6ccccc6c6ccccc65)c4)cccc3c2c1. The van der Waals surface area contributed by atoms with Gasteiger partial charge in [-0.3, -0.25) is 0 Å². The van der Waals surface area contributed by atoms with Crippen molar-refractivity contribution in [2.24, 2.45) is 0 Å². The molecule has 9 rings (SSSR count). The fourth-order valence-electron chi connectivity index (χ4n) is 7.18. The number of thiophene rings is 1.